The number of halogens is 1. The molecule has 0 fully saturated rings. The van der Waals surface area contributed by atoms with Crippen LogP contribution in [0.2, 0.25) is 5.02 Å². The zero-order valence-electron chi connectivity index (χ0n) is 7.79. The third kappa shape index (κ3) is 1.58. The highest BCUT2D eigenvalue weighted by atomic mass is 35.5. The molecule has 2 heterocycles. The maximum Gasteiger partial charge on any atom is 0.252 e. The van der Waals surface area contributed by atoms with Gasteiger partial charge in [0, 0.05) is 6.20 Å². The summed E-state index contributed by atoms with van der Waals surface area (Å²) in [6.07, 6.45) is 2.75. The van der Waals surface area contributed by atoms with Gasteiger partial charge >= 0.3 is 0 Å². The average Bonchev–Trinajstić information content (AvgIpc) is 2.78. The molecule has 16 heavy (non-hydrogen) atoms. The first-order valence-corrected chi connectivity index (χ1v) is 4.51. The van der Waals surface area contributed by atoms with E-state index >= 15 is 0 Å². The maximum absolute atomic E-state index is 8.78. The Morgan fingerprint density at radius 1 is 1.25 bits per heavy atom. The third-order valence-corrected chi connectivity index (χ3v) is 2.17. The summed E-state index contributed by atoms with van der Waals surface area (Å²) in [5.41, 5.74) is 0.292. The SMILES string of the molecule is N#Cc1ncn(-c2nccc(C#N)c2Cl)n1. The summed E-state index contributed by atoms with van der Waals surface area (Å²) in [7, 11) is 0. The van der Waals surface area contributed by atoms with Gasteiger partial charge in [0.1, 0.15) is 23.5 Å². The van der Waals surface area contributed by atoms with Crippen LogP contribution in [0.5, 0.6) is 0 Å². The van der Waals surface area contributed by atoms with Crippen LogP contribution in [-0.4, -0.2) is 19.7 Å². The van der Waals surface area contributed by atoms with Crippen molar-refractivity contribution < 1.29 is 0 Å². The van der Waals surface area contributed by atoms with E-state index in [1.165, 1.54) is 23.3 Å². The number of nitrogens with zero attached hydrogens (tertiary/aromatic N) is 6. The topological polar surface area (TPSA) is 91.2 Å². The van der Waals surface area contributed by atoms with Crippen LogP contribution in [-0.2, 0) is 0 Å². The predicted molar refractivity (Wildman–Crippen MR) is 53.6 cm³/mol. The highest BCUT2D eigenvalue weighted by molar-refractivity contribution is 6.33. The average molecular weight is 231 g/mol. The van der Waals surface area contributed by atoms with Gasteiger partial charge in [0.25, 0.3) is 5.82 Å². The van der Waals surface area contributed by atoms with E-state index in [1.807, 2.05) is 6.07 Å². The molecule has 0 radical (unpaired) electrons. The first-order valence-electron chi connectivity index (χ1n) is 4.13. The molecule has 0 aliphatic heterocycles. The lowest BCUT2D eigenvalue weighted by atomic mass is 10.3. The molecule has 2 aromatic heterocycles. The molecule has 2 aromatic rings. The summed E-state index contributed by atoms with van der Waals surface area (Å²) in [6, 6.07) is 5.21. The normalized spacial score (nSPS) is 9.44. The number of nitriles is 2. The van der Waals surface area contributed by atoms with Crippen LogP contribution < -0.4 is 0 Å². The van der Waals surface area contributed by atoms with Gasteiger partial charge in [-0.1, -0.05) is 11.6 Å². The van der Waals surface area contributed by atoms with Crippen molar-refractivity contribution in [3.63, 3.8) is 0 Å². The molecule has 7 heteroatoms. The maximum atomic E-state index is 8.78. The fraction of sp³-hybridized carbons (Fsp3) is 0. The lowest BCUT2D eigenvalue weighted by Crippen LogP contribution is -2.00. The largest absolute Gasteiger partial charge is 0.252 e. The van der Waals surface area contributed by atoms with E-state index in [0.29, 0.717) is 5.56 Å². The minimum absolute atomic E-state index is 0.0141. The molecular formula is C9H3ClN6. The number of hydrogen-bond acceptors (Lipinski definition) is 5. The molecule has 2 rings (SSSR count). The van der Waals surface area contributed by atoms with Crippen molar-refractivity contribution in [1.29, 1.82) is 10.5 Å². The molecule has 0 aliphatic rings. The van der Waals surface area contributed by atoms with Crippen LogP contribution in [0.3, 0.4) is 0 Å². The molecule has 0 amide bonds. The summed E-state index contributed by atoms with van der Waals surface area (Å²) in [5.74, 6) is 0.287. The Hall–Kier alpha value is -2.44. The molecule has 0 unspecified atom stereocenters. The Morgan fingerprint density at radius 3 is 2.69 bits per heavy atom. The molecule has 0 aliphatic carbocycles. The van der Waals surface area contributed by atoms with E-state index < -0.39 is 0 Å². The van der Waals surface area contributed by atoms with Crippen molar-refractivity contribution in [1.82, 2.24) is 19.7 Å². The minimum Gasteiger partial charge on any atom is -0.236 e. The van der Waals surface area contributed by atoms with Crippen molar-refractivity contribution in [2.24, 2.45) is 0 Å². The van der Waals surface area contributed by atoms with Crippen LogP contribution in [0.25, 0.3) is 5.82 Å². The highest BCUT2D eigenvalue weighted by Crippen LogP contribution is 2.20. The number of hydrogen-bond donors (Lipinski definition) is 0. The molecule has 76 valence electrons. The third-order valence-electron chi connectivity index (χ3n) is 1.80. The monoisotopic (exact) mass is 230 g/mol. The Morgan fingerprint density at radius 2 is 2.06 bits per heavy atom. The van der Waals surface area contributed by atoms with Gasteiger partial charge in [0.2, 0.25) is 0 Å². The minimum atomic E-state index is 0.0141. The first-order chi connectivity index (χ1) is 7.76. The van der Waals surface area contributed by atoms with Crippen molar-refractivity contribution in [2.75, 3.05) is 0 Å². The number of pyridine rings is 1. The Labute approximate surface area is 95.4 Å². The second kappa shape index (κ2) is 3.97. The molecule has 0 bridgehead atoms. The molecular weight excluding hydrogens is 228 g/mol. The van der Waals surface area contributed by atoms with Gasteiger partial charge in [0.15, 0.2) is 5.82 Å². The lowest BCUT2D eigenvalue weighted by Gasteiger charge is -2.02. The van der Waals surface area contributed by atoms with Gasteiger partial charge in [0.05, 0.1) is 5.56 Å². The van der Waals surface area contributed by atoms with Crippen LogP contribution >= 0.6 is 11.6 Å². The van der Waals surface area contributed by atoms with Crippen molar-refractivity contribution >= 4 is 11.6 Å². The van der Waals surface area contributed by atoms with E-state index in [1.54, 1.807) is 6.07 Å². The molecule has 0 spiro atoms. The van der Waals surface area contributed by atoms with Gasteiger partial charge in [-0.05, 0) is 6.07 Å². The van der Waals surface area contributed by atoms with Gasteiger partial charge in [-0.2, -0.15) is 15.2 Å². The highest BCUT2D eigenvalue weighted by Gasteiger charge is 2.10. The van der Waals surface area contributed by atoms with E-state index in [2.05, 4.69) is 15.1 Å². The molecule has 0 aromatic carbocycles. The number of aromatic nitrogens is 4. The van der Waals surface area contributed by atoms with Crippen LogP contribution in [0.15, 0.2) is 18.6 Å². The van der Waals surface area contributed by atoms with E-state index in [-0.39, 0.29) is 16.7 Å². The van der Waals surface area contributed by atoms with Crippen LogP contribution in [0.4, 0.5) is 0 Å². The number of rotatable bonds is 1. The summed E-state index contributed by atoms with van der Waals surface area (Å²) in [6.45, 7) is 0. The smallest absolute Gasteiger partial charge is 0.236 e. The molecule has 0 saturated carbocycles. The van der Waals surface area contributed by atoms with Crippen molar-refractivity contribution in [3.05, 3.63) is 35.0 Å². The van der Waals surface area contributed by atoms with E-state index in [9.17, 15) is 0 Å². The second-order valence-electron chi connectivity index (χ2n) is 2.73. The van der Waals surface area contributed by atoms with Crippen molar-refractivity contribution in [3.8, 4) is 18.0 Å². The summed E-state index contributed by atoms with van der Waals surface area (Å²) in [5, 5.41) is 21.4. The predicted octanol–water partition coefficient (Wildman–Crippen LogP) is 1.06. The van der Waals surface area contributed by atoms with Gasteiger partial charge in [-0.15, -0.1) is 5.10 Å². The summed E-state index contributed by atoms with van der Waals surface area (Å²) >= 11 is 5.94. The zero-order chi connectivity index (χ0) is 11.5. The summed E-state index contributed by atoms with van der Waals surface area (Å²) < 4.78 is 1.25. The summed E-state index contributed by atoms with van der Waals surface area (Å²) in [4.78, 5) is 7.69. The fourth-order valence-electron chi connectivity index (χ4n) is 1.10. The van der Waals surface area contributed by atoms with Crippen molar-refractivity contribution in [2.45, 2.75) is 0 Å². The second-order valence-corrected chi connectivity index (χ2v) is 3.11. The molecule has 0 saturated heterocycles. The Bertz CT molecular complexity index is 618. The van der Waals surface area contributed by atoms with Crippen LogP contribution in [0.1, 0.15) is 11.4 Å². The Balaban J connectivity index is 2.58. The van der Waals surface area contributed by atoms with E-state index in [4.69, 9.17) is 22.1 Å². The molecule has 0 N–H and O–H groups in total. The molecule has 6 nitrogen and oxygen atoms in total. The van der Waals surface area contributed by atoms with Gasteiger partial charge in [-0.25, -0.2) is 9.97 Å². The standard InChI is InChI=1S/C9H3ClN6/c10-8-6(3-11)1-2-13-9(8)16-5-14-7(4-12)15-16/h1-2,5H. The fourth-order valence-corrected chi connectivity index (χ4v) is 1.34. The zero-order valence-corrected chi connectivity index (χ0v) is 8.55. The van der Waals surface area contributed by atoms with Gasteiger partial charge < -0.3 is 0 Å². The molecule has 0 atom stereocenters. The van der Waals surface area contributed by atoms with Gasteiger partial charge in [-0.3, -0.25) is 0 Å². The Kier molecular flexibility index (Phi) is 2.50. The van der Waals surface area contributed by atoms with E-state index in [0.717, 1.165) is 0 Å². The van der Waals surface area contributed by atoms with Crippen LogP contribution in [0, 0.1) is 22.7 Å². The first kappa shape index (κ1) is 10.1. The quantitative estimate of drug-likeness (QED) is 0.730. The lowest BCUT2D eigenvalue weighted by molar-refractivity contribution is 0.840.